The number of hydrogen-bond donors (Lipinski definition) is 0. The molecule has 5 aromatic rings. The Bertz CT molecular complexity index is 1210. The molecule has 0 amide bonds. The maximum absolute atomic E-state index is 4.57. The minimum absolute atomic E-state index is 0.0413. The lowest BCUT2D eigenvalue weighted by Crippen LogP contribution is -2.24. The second-order valence-electron chi connectivity index (χ2n) is 7.50. The summed E-state index contributed by atoms with van der Waals surface area (Å²) in [6, 6.07) is 25.5. The Morgan fingerprint density at radius 1 is 0.786 bits per heavy atom. The molecule has 28 heavy (non-hydrogen) atoms. The lowest BCUT2D eigenvalue weighted by atomic mass is 10.2. The van der Waals surface area contributed by atoms with E-state index in [9.17, 15) is 0 Å². The molecule has 0 bridgehead atoms. The molecule has 5 rings (SSSR count). The minimum atomic E-state index is 0.0413. The van der Waals surface area contributed by atoms with Crippen molar-refractivity contribution in [3.8, 4) is 0 Å². The summed E-state index contributed by atoms with van der Waals surface area (Å²) in [6.45, 7) is 0.958. The monoisotopic (exact) mass is 369 g/mol. The van der Waals surface area contributed by atoms with Gasteiger partial charge in [0.1, 0.15) is 11.7 Å². The van der Waals surface area contributed by atoms with Gasteiger partial charge in [-0.1, -0.05) is 53.7 Å². The molecule has 0 spiro atoms. The molecule has 2 heterocycles. The van der Waals surface area contributed by atoms with E-state index in [1.165, 1.54) is 21.8 Å². The summed E-state index contributed by atoms with van der Waals surface area (Å²) in [4.78, 5) is 2.22. The van der Waals surface area contributed by atoms with Gasteiger partial charge in [-0.05, 0) is 38.4 Å². The molecule has 0 aliphatic rings. The van der Waals surface area contributed by atoms with E-state index in [4.69, 9.17) is 0 Å². The van der Waals surface area contributed by atoms with Gasteiger partial charge < -0.3 is 9.47 Å². The first kappa shape index (κ1) is 17.0. The van der Waals surface area contributed by atoms with Crippen molar-refractivity contribution < 1.29 is 0 Å². The molecule has 1 unspecified atom stereocenters. The highest BCUT2D eigenvalue weighted by molar-refractivity contribution is 6.08. The Kier molecular flexibility index (Phi) is 4.10. The van der Waals surface area contributed by atoms with Gasteiger partial charge in [-0.25, -0.2) is 4.68 Å². The van der Waals surface area contributed by atoms with Gasteiger partial charge in [0, 0.05) is 23.7 Å². The van der Waals surface area contributed by atoms with Crippen LogP contribution in [-0.4, -0.2) is 45.1 Å². The molecular formula is C23H23N5. The van der Waals surface area contributed by atoms with Gasteiger partial charge in [0.15, 0.2) is 0 Å². The third-order valence-electron chi connectivity index (χ3n) is 5.41. The summed E-state index contributed by atoms with van der Waals surface area (Å²) in [5.41, 5.74) is 4.45. The van der Waals surface area contributed by atoms with E-state index in [0.717, 1.165) is 24.0 Å². The van der Waals surface area contributed by atoms with Crippen LogP contribution < -0.4 is 0 Å². The van der Waals surface area contributed by atoms with Crippen molar-refractivity contribution in [3.05, 3.63) is 72.8 Å². The van der Waals surface area contributed by atoms with Crippen LogP contribution in [0, 0.1) is 0 Å². The van der Waals surface area contributed by atoms with Crippen molar-refractivity contribution in [2.45, 2.75) is 12.6 Å². The summed E-state index contributed by atoms with van der Waals surface area (Å²) >= 11 is 0. The van der Waals surface area contributed by atoms with Crippen LogP contribution in [-0.2, 0) is 0 Å². The molecule has 0 aliphatic heterocycles. The zero-order valence-corrected chi connectivity index (χ0v) is 16.2. The van der Waals surface area contributed by atoms with Crippen molar-refractivity contribution in [1.29, 1.82) is 0 Å². The lowest BCUT2D eigenvalue weighted by molar-refractivity contribution is 0.315. The first-order valence-electron chi connectivity index (χ1n) is 9.66. The molecule has 2 aromatic heterocycles. The van der Waals surface area contributed by atoms with Gasteiger partial charge in [0.2, 0.25) is 0 Å². The number of rotatable bonds is 5. The van der Waals surface area contributed by atoms with Crippen molar-refractivity contribution >= 4 is 32.8 Å². The molecule has 0 fully saturated rings. The fourth-order valence-corrected chi connectivity index (χ4v) is 4.12. The summed E-state index contributed by atoms with van der Waals surface area (Å²) in [5, 5.41) is 11.5. The second-order valence-corrected chi connectivity index (χ2v) is 7.50. The van der Waals surface area contributed by atoms with Crippen molar-refractivity contribution in [2.75, 3.05) is 20.6 Å². The maximum atomic E-state index is 4.57. The number of hydrogen-bond acceptors (Lipinski definition) is 3. The van der Waals surface area contributed by atoms with Gasteiger partial charge >= 0.3 is 0 Å². The quantitative estimate of drug-likeness (QED) is 0.457. The zero-order chi connectivity index (χ0) is 19.1. The third-order valence-corrected chi connectivity index (χ3v) is 5.41. The first-order chi connectivity index (χ1) is 13.7. The van der Waals surface area contributed by atoms with E-state index in [-0.39, 0.29) is 6.17 Å². The third kappa shape index (κ3) is 2.67. The van der Waals surface area contributed by atoms with Crippen LogP contribution in [0.3, 0.4) is 0 Å². The smallest absolute Gasteiger partial charge is 0.131 e. The van der Waals surface area contributed by atoms with Gasteiger partial charge in [0.25, 0.3) is 0 Å². The minimum Gasteiger partial charge on any atom is -0.317 e. The SMILES string of the molecule is CN(C)CCC(n1nnc2ccccc21)n1c2ccccc2c2ccccc21. The first-order valence-corrected chi connectivity index (χ1v) is 9.66. The van der Waals surface area contributed by atoms with E-state index in [1.807, 2.05) is 12.1 Å². The Labute approximate surface area is 163 Å². The van der Waals surface area contributed by atoms with Crippen LogP contribution in [0.1, 0.15) is 12.6 Å². The van der Waals surface area contributed by atoms with E-state index < -0.39 is 0 Å². The van der Waals surface area contributed by atoms with E-state index in [2.05, 4.69) is 99.2 Å². The summed E-state index contributed by atoms with van der Waals surface area (Å²) in [6.07, 6.45) is 0.975. The van der Waals surface area contributed by atoms with Crippen LogP contribution >= 0.6 is 0 Å². The van der Waals surface area contributed by atoms with Crippen LogP contribution in [0.4, 0.5) is 0 Å². The van der Waals surface area contributed by atoms with E-state index in [1.54, 1.807) is 0 Å². The van der Waals surface area contributed by atoms with Gasteiger partial charge in [-0.2, -0.15) is 0 Å². The predicted molar refractivity (Wildman–Crippen MR) is 115 cm³/mol. The molecule has 0 saturated heterocycles. The number of fused-ring (bicyclic) bond motifs is 4. The molecular weight excluding hydrogens is 346 g/mol. The lowest BCUT2D eigenvalue weighted by Gasteiger charge is -2.24. The Balaban J connectivity index is 1.80. The summed E-state index contributed by atoms with van der Waals surface area (Å²) in [7, 11) is 4.23. The number of para-hydroxylation sites is 3. The van der Waals surface area contributed by atoms with Crippen LogP contribution in [0.25, 0.3) is 32.8 Å². The van der Waals surface area contributed by atoms with Crippen LogP contribution in [0.2, 0.25) is 0 Å². The highest BCUT2D eigenvalue weighted by atomic mass is 15.5. The molecule has 0 N–H and O–H groups in total. The highest BCUT2D eigenvalue weighted by Gasteiger charge is 2.22. The topological polar surface area (TPSA) is 38.9 Å². The Morgan fingerprint density at radius 3 is 2.00 bits per heavy atom. The van der Waals surface area contributed by atoms with E-state index >= 15 is 0 Å². The fourth-order valence-electron chi connectivity index (χ4n) is 4.12. The highest BCUT2D eigenvalue weighted by Crippen LogP contribution is 2.34. The molecule has 5 heteroatoms. The average Bonchev–Trinajstić information content (AvgIpc) is 3.29. The Morgan fingerprint density at radius 2 is 1.36 bits per heavy atom. The average molecular weight is 369 g/mol. The zero-order valence-electron chi connectivity index (χ0n) is 16.2. The van der Waals surface area contributed by atoms with Crippen molar-refractivity contribution in [2.24, 2.45) is 0 Å². The maximum Gasteiger partial charge on any atom is 0.131 e. The standard InChI is InChI=1S/C23H23N5/c1-26(2)16-15-23(28-22-14-8-5-11-19(22)24-25-28)27-20-12-6-3-9-17(20)18-10-4-7-13-21(18)27/h3-14,23H,15-16H2,1-2H3. The normalized spacial score (nSPS) is 13.1. The molecule has 0 saturated carbocycles. The second kappa shape index (κ2) is 6.77. The van der Waals surface area contributed by atoms with Crippen molar-refractivity contribution in [3.63, 3.8) is 0 Å². The molecule has 1 atom stereocenters. The molecule has 5 nitrogen and oxygen atoms in total. The predicted octanol–water partition coefficient (Wildman–Crippen LogP) is 4.54. The molecule has 0 radical (unpaired) electrons. The van der Waals surface area contributed by atoms with Gasteiger partial charge in [0.05, 0.1) is 16.6 Å². The number of benzene rings is 3. The molecule has 3 aromatic carbocycles. The van der Waals surface area contributed by atoms with Crippen LogP contribution in [0.5, 0.6) is 0 Å². The number of aromatic nitrogens is 4. The summed E-state index contributed by atoms with van der Waals surface area (Å²) in [5.74, 6) is 0. The van der Waals surface area contributed by atoms with Gasteiger partial charge in [-0.3, -0.25) is 0 Å². The fraction of sp³-hybridized carbons (Fsp3) is 0.217. The summed E-state index contributed by atoms with van der Waals surface area (Å²) < 4.78 is 4.51. The largest absolute Gasteiger partial charge is 0.317 e. The Hall–Kier alpha value is -3.18. The molecule has 140 valence electrons. The van der Waals surface area contributed by atoms with E-state index in [0.29, 0.717) is 0 Å². The van der Waals surface area contributed by atoms with Gasteiger partial charge in [-0.15, -0.1) is 5.10 Å². The van der Waals surface area contributed by atoms with Crippen LogP contribution in [0.15, 0.2) is 72.8 Å². The number of nitrogens with zero attached hydrogens (tertiary/aromatic N) is 5. The molecule has 0 aliphatic carbocycles. The van der Waals surface area contributed by atoms with Crippen molar-refractivity contribution in [1.82, 2.24) is 24.5 Å².